The van der Waals surface area contributed by atoms with E-state index in [-0.39, 0.29) is 0 Å². The third-order valence-electron chi connectivity index (χ3n) is 2.58. The van der Waals surface area contributed by atoms with Gasteiger partial charge in [0.25, 0.3) is 0 Å². The molecule has 0 aromatic heterocycles. The lowest BCUT2D eigenvalue weighted by Gasteiger charge is -2.10. The quantitative estimate of drug-likeness (QED) is 0.595. The number of hydrogen-bond donors (Lipinski definition) is 0. The highest BCUT2D eigenvalue weighted by Gasteiger charge is 2.07. The minimum absolute atomic E-state index is 0.436. The van der Waals surface area contributed by atoms with E-state index in [0.29, 0.717) is 5.78 Å². The molecule has 1 nitrogen and oxygen atoms in total. The molecule has 0 unspecified atom stereocenters. The van der Waals surface area contributed by atoms with Gasteiger partial charge in [0.05, 0.1) is 0 Å². The van der Waals surface area contributed by atoms with Crippen LogP contribution in [0.3, 0.4) is 0 Å². The first kappa shape index (κ1) is 13.2. The number of carbonyl (C=O) groups is 1. The summed E-state index contributed by atoms with van der Waals surface area (Å²) in [6.45, 7) is 4.41. The number of carbonyl (C=O) groups excluding carboxylic acids is 1. The van der Waals surface area contributed by atoms with Crippen molar-refractivity contribution in [3.05, 3.63) is 0 Å². The third-order valence-corrected chi connectivity index (χ3v) is 3.14. The molecule has 0 aromatic carbocycles. The SMILES string of the molecule is CCC(CC)CCC(=O)CCCBr. The molecule has 0 N–H and O–H groups in total. The van der Waals surface area contributed by atoms with Crippen LogP contribution in [0.2, 0.25) is 0 Å². The fourth-order valence-electron chi connectivity index (χ4n) is 1.45. The molecular weight excluding hydrogens is 228 g/mol. The molecule has 0 rings (SSSR count). The van der Waals surface area contributed by atoms with Crippen LogP contribution in [0, 0.1) is 5.92 Å². The summed E-state index contributed by atoms with van der Waals surface area (Å²) in [7, 11) is 0. The van der Waals surface area contributed by atoms with Crippen molar-refractivity contribution >= 4 is 21.7 Å². The molecule has 0 heterocycles. The number of alkyl halides is 1. The molecule has 2 heteroatoms. The Kier molecular flexibility index (Phi) is 8.84. The second-order valence-corrected chi connectivity index (χ2v) is 4.35. The molecular formula is C11H21BrO. The highest BCUT2D eigenvalue weighted by molar-refractivity contribution is 9.09. The monoisotopic (exact) mass is 248 g/mol. The summed E-state index contributed by atoms with van der Waals surface area (Å²) < 4.78 is 0. The average Bonchev–Trinajstić information content (AvgIpc) is 2.16. The molecule has 0 fully saturated rings. The van der Waals surface area contributed by atoms with Gasteiger partial charge in [-0.05, 0) is 18.8 Å². The van der Waals surface area contributed by atoms with Crippen molar-refractivity contribution in [2.45, 2.75) is 52.4 Å². The van der Waals surface area contributed by atoms with Gasteiger partial charge in [-0.2, -0.15) is 0 Å². The van der Waals surface area contributed by atoms with Crippen molar-refractivity contribution in [3.8, 4) is 0 Å². The van der Waals surface area contributed by atoms with E-state index in [1.54, 1.807) is 0 Å². The molecule has 0 radical (unpaired) electrons. The zero-order chi connectivity index (χ0) is 10.1. The Balaban J connectivity index is 3.44. The predicted molar refractivity (Wildman–Crippen MR) is 61.3 cm³/mol. The first-order chi connectivity index (χ1) is 6.24. The Morgan fingerprint density at radius 3 is 2.31 bits per heavy atom. The number of hydrogen-bond acceptors (Lipinski definition) is 1. The van der Waals surface area contributed by atoms with Crippen LogP contribution in [-0.2, 0) is 4.79 Å². The Bertz CT molecular complexity index is 130. The topological polar surface area (TPSA) is 17.1 Å². The summed E-state index contributed by atoms with van der Waals surface area (Å²) in [5, 5.41) is 0.948. The smallest absolute Gasteiger partial charge is 0.132 e. The number of Topliss-reactive ketones (excluding diaryl/α,β-unsaturated/α-hetero) is 1. The van der Waals surface area contributed by atoms with E-state index in [2.05, 4.69) is 29.8 Å². The van der Waals surface area contributed by atoms with E-state index in [1.807, 2.05) is 0 Å². The van der Waals surface area contributed by atoms with Crippen LogP contribution < -0.4 is 0 Å². The highest BCUT2D eigenvalue weighted by Crippen LogP contribution is 2.15. The van der Waals surface area contributed by atoms with Gasteiger partial charge in [0.1, 0.15) is 5.78 Å². The van der Waals surface area contributed by atoms with Crippen molar-refractivity contribution in [2.24, 2.45) is 5.92 Å². The zero-order valence-corrected chi connectivity index (χ0v) is 10.4. The molecule has 0 aromatic rings. The normalized spacial score (nSPS) is 10.8. The first-order valence-corrected chi connectivity index (χ1v) is 6.44. The Morgan fingerprint density at radius 2 is 1.85 bits per heavy atom. The van der Waals surface area contributed by atoms with Crippen LogP contribution in [0.25, 0.3) is 0 Å². The van der Waals surface area contributed by atoms with Gasteiger partial charge >= 0.3 is 0 Å². The van der Waals surface area contributed by atoms with E-state index in [0.717, 1.165) is 36.9 Å². The third kappa shape index (κ3) is 7.24. The fraction of sp³-hybridized carbons (Fsp3) is 0.909. The van der Waals surface area contributed by atoms with Gasteiger partial charge in [-0.15, -0.1) is 0 Å². The van der Waals surface area contributed by atoms with Crippen LogP contribution in [0.4, 0.5) is 0 Å². The van der Waals surface area contributed by atoms with Crippen LogP contribution >= 0.6 is 15.9 Å². The van der Waals surface area contributed by atoms with Crippen LogP contribution in [0.5, 0.6) is 0 Å². The number of rotatable bonds is 8. The van der Waals surface area contributed by atoms with Crippen molar-refractivity contribution in [1.82, 2.24) is 0 Å². The minimum Gasteiger partial charge on any atom is -0.300 e. The van der Waals surface area contributed by atoms with Crippen molar-refractivity contribution in [1.29, 1.82) is 0 Å². The van der Waals surface area contributed by atoms with Crippen molar-refractivity contribution in [2.75, 3.05) is 5.33 Å². The van der Waals surface area contributed by atoms with E-state index in [9.17, 15) is 4.79 Å². The summed E-state index contributed by atoms with van der Waals surface area (Å²) in [6, 6.07) is 0. The summed E-state index contributed by atoms with van der Waals surface area (Å²) >= 11 is 3.33. The van der Waals surface area contributed by atoms with Crippen LogP contribution in [0.1, 0.15) is 52.4 Å². The Hall–Kier alpha value is 0.150. The molecule has 0 spiro atoms. The lowest BCUT2D eigenvalue weighted by atomic mass is 9.95. The average molecular weight is 249 g/mol. The van der Waals surface area contributed by atoms with Gasteiger partial charge in [0.2, 0.25) is 0 Å². The van der Waals surface area contributed by atoms with Gasteiger partial charge < -0.3 is 0 Å². The molecule has 0 bridgehead atoms. The summed E-state index contributed by atoms with van der Waals surface area (Å²) in [5.41, 5.74) is 0. The van der Waals surface area contributed by atoms with Crippen molar-refractivity contribution in [3.63, 3.8) is 0 Å². The van der Waals surface area contributed by atoms with Gasteiger partial charge in [-0.1, -0.05) is 42.6 Å². The highest BCUT2D eigenvalue weighted by atomic mass is 79.9. The predicted octanol–water partition coefficient (Wildman–Crippen LogP) is 3.95. The molecule has 0 aliphatic carbocycles. The van der Waals surface area contributed by atoms with E-state index < -0.39 is 0 Å². The number of ketones is 1. The van der Waals surface area contributed by atoms with E-state index >= 15 is 0 Å². The molecule has 0 aliphatic heterocycles. The largest absolute Gasteiger partial charge is 0.300 e. The summed E-state index contributed by atoms with van der Waals surface area (Å²) in [5.74, 6) is 1.19. The van der Waals surface area contributed by atoms with Gasteiger partial charge in [0, 0.05) is 18.2 Å². The molecule has 0 amide bonds. The maximum absolute atomic E-state index is 11.3. The molecule has 13 heavy (non-hydrogen) atoms. The molecule has 0 aliphatic rings. The van der Waals surface area contributed by atoms with E-state index in [4.69, 9.17) is 0 Å². The fourth-order valence-corrected chi connectivity index (χ4v) is 1.73. The standard InChI is InChI=1S/C11H21BrO/c1-3-10(4-2)7-8-11(13)6-5-9-12/h10H,3-9H2,1-2H3. The van der Waals surface area contributed by atoms with Gasteiger partial charge in [0.15, 0.2) is 0 Å². The van der Waals surface area contributed by atoms with Gasteiger partial charge in [-0.3, -0.25) is 4.79 Å². The first-order valence-electron chi connectivity index (χ1n) is 5.32. The molecule has 0 atom stereocenters. The maximum atomic E-state index is 11.3. The maximum Gasteiger partial charge on any atom is 0.132 e. The zero-order valence-electron chi connectivity index (χ0n) is 8.81. The number of halogens is 1. The van der Waals surface area contributed by atoms with Crippen LogP contribution in [-0.4, -0.2) is 11.1 Å². The Labute approximate surface area is 90.4 Å². The van der Waals surface area contributed by atoms with Crippen molar-refractivity contribution < 1.29 is 4.79 Å². The second-order valence-electron chi connectivity index (χ2n) is 3.55. The second kappa shape index (κ2) is 8.74. The van der Waals surface area contributed by atoms with Crippen LogP contribution in [0.15, 0.2) is 0 Å². The molecule has 0 saturated carbocycles. The molecule has 78 valence electrons. The summed E-state index contributed by atoms with van der Waals surface area (Å²) in [6.07, 6.45) is 6.05. The Morgan fingerprint density at radius 1 is 1.23 bits per heavy atom. The summed E-state index contributed by atoms with van der Waals surface area (Å²) in [4.78, 5) is 11.3. The minimum atomic E-state index is 0.436. The lowest BCUT2D eigenvalue weighted by Crippen LogP contribution is -2.03. The molecule has 0 saturated heterocycles. The van der Waals surface area contributed by atoms with E-state index in [1.165, 1.54) is 12.8 Å². The lowest BCUT2D eigenvalue weighted by molar-refractivity contribution is -0.119. The van der Waals surface area contributed by atoms with Gasteiger partial charge in [-0.25, -0.2) is 0 Å².